The molecule has 0 spiro atoms. The molecule has 4 rings (SSSR count). The lowest BCUT2D eigenvalue weighted by molar-refractivity contribution is -0.125. The second-order valence-electron chi connectivity index (χ2n) is 7.82. The van der Waals surface area contributed by atoms with Crippen molar-refractivity contribution in [1.29, 1.82) is 0 Å². The van der Waals surface area contributed by atoms with Gasteiger partial charge >= 0.3 is 0 Å². The highest BCUT2D eigenvalue weighted by Crippen LogP contribution is 2.33. The minimum absolute atomic E-state index is 0.0977. The van der Waals surface area contributed by atoms with Gasteiger partial charge in [-0.05, 0) is 49.9 Å². The summed E-state index contributed by atoms with van der Waals surface area (Å²) in [7, 11) is 0. The molecule has 2 aromatic rings. The number of aromatic nitrogens is 1. The number of rotatable bonds is 6. The van der Waals surface area contributed by atoms with Gasteiger partial charge in [-0.1, -0.05) is 18.2 Å². The molecular formula is C23H28N4O3. The van der Waals surface area contributed by atoms with Crippen LogP contribution in [0.25, 0.3) is 0 Å². The Balaban J connectivity index is 1.28. The number of hydrogen-bond donors (Lipinski definition) is 1. The van der Waals surface area contributed by atoms with Crippen molar-refractivity contribution in [3.63, 3.8) is 0 Å². The molecular weight excluding hydrogens is 380 g/mol. The molecule has 1 aromatic carbocycles. The van der Waals surface area contributed by atoms with E-state index < -0.39 is 6.10 Å². The van der Waals surface area contributed by atoms with E-state index >= 15 is 0 Å². The molecule has 1 saturated heterocycles. The first kappa shape index (κ1) is 20.2. The number of pyridine rings is 1. The van der Waals surface area contributed by atoms with Crippen LogP contribution in [-0.4, -0.2) is 42.5 Å². The summed E-state index contributed by atoms with van der Waals surface area (Å²) < 4.78 is 5.64. The van der Waals surface area contributed by atoms with E-state index in [1.165, 1.54) is 19.3 Å². The minimum atomic E-state index is -0.549. The zero-order chi connectivity index (χ0) is 20.9. The molecule has 1 N–H and O–H groups in total. The third-order valence-electron chi connectivity index (χ3n) is 5.61. The molecule has 2 amide bonds. The molecule has 7 nitrogen and oxygen atoms in total. The predicted molar refractivity (Wildman–Crippen MR) is 116 cm³/mol. The van der Waals surface area contributed by atoms with Crippen LogP contribution in [0.3, 0.4) is 0 Å². The summed E-state index contributed by atoms with van der Waals surface area (Å²) in [5.41, 5.74) is 1.68. The number of ether oxygens (including phenoxy) is 1. The maximum Gasteiger partial charge on any atom is 0.267 e. The standard InChI is InChI=1S/C23H28N4O3/c1-17-23(29)27(19-7-3-4-8-20(19)30-17)14-11-22(28)25-16-18-9-10-21(24-15-18)26-12-5-2-6-13-26/h3-4,7-10,15,17H,2,5-6,11-14,16H2,1H3,(H,25,28). The third kappa shape index (κ3) is 4.56. The Morgan fingerprint density at radius 3 is 2.73 bits per heavy atom. The van der Waals surface area contributed by atoms with Gasteiger partial charge in [0.2, 0.25) is 5.91 Å². The summed E-state index contributed by atoms with van der Waals surface area (Å²) in [6.45, 7) is 4.60. The normalized spacial score (nSPS) is 18.6. The maximum atomic E-state index is 12.5. The van der Waals surface area contributed by atoms with Crippen molar-refractivity contribution >= 4 is 23.3 Å². The average molecular weight is 409 g/mol. The summed E-state index contributed by atoms with van der Waals surface area (Å²) >= 11 is 0. The van der Waals surface area contributed by atoms with Crippen molar-refractivity contribution in [1.82, 2.24) is 10.3 Å². The van der Waals surface area contributed by atoms with Crippen molar-refractivity contribution in [2.45, 2.75) is 45.3 Å². The Morgan fingerprint density at radius 1 is 1.17 bits per heavy atom. The highest BCUT2D eigenvalue weighted by atomic mass is 16.5. The molecule has 1 atom stereocenters. The van der Waals surface area contributed by atoms with Gasteiger partial charge in [0.25, 0.3) is 5.91 Å². The fourth-order valence-corrected chi connectivity index (χ4v) is 3.92. The van der Waals surface area contributed by atoms with E-state index in [9.17, 15) is 9.59 Å². The lowest BCUT2D eigenvalue weighted by atomic mass is 10.1. The van der Waals surface area contributed by atoms with Crippen molar-refractivity contribution in [3.8, 4) is 5.75 Å². The predicted octanol–water partition coefficient (Wildman–Crippen LogP) is 2.89. The molecule has 1 aromatic heterocycles. The van der Waals surface area contributed by atoms with E-state index in [2.05, 4.69) is 15.2 Å². The Morgan fingerprint density at radius 2 is 1.97 bits per heavy atom. The summed E-state index contributed by atoms with van der Waals surface area (Å²) in [5.74, 6) is 1.45. The van der Waals surface area contributed by atoms with Crippen LogP contribution in [0.4, 0.5) is 11.5 Å². The van der Waals surface area contributed by atoms with E-state index in [4.69, 9.17) is 4.74 Å². The number of hydrogen-bond acceptors (Lipinski definition) is 5. The molecule has 0 radical (unpaired) electrons. The number of nitrogens with zero attached hydrogens (tertiary/aromatic N) is 3. The summed E-state index contributed by atoms with van der Waals surface area (Å²) in [5, 5.41) is 2.93. The van der Waals surface area contributed by atoms with Crippen molar-refractivity contribution in [2.24, 2.45) is 0 Å². The van der Waals surface area contributed by atoms with E-state index in [-0.39, 0.29) is 18.2 Å². The summed E-state index contributed by atoms with van der Waals surface area (Å²) in [6.07, 6.45) is 5.23. The van der Waals surface area contributed by atoms with Gasteiger partial charge < -0.3 is 19.9 Å². The number of piperidine rings is 1. The van der Waals surface area contributed by atoms with Gasteiger partial charge in [-0.15, -0.1) is 0 Å². The second-order valence-corrected chi connectivity index (χ2v) is 7.82. The van der Waals surface area contributed by atoms with Gasteiger partial charge in [0.15, 0.2) is 6.10 Å². The quantitative estimate of drug-likeness (QED) is 0.796. The summed E-state index contributed by atoms with van der Waals surface area (Å²) in [6, 6.07) is 11.5. The molecule has 158 valence electrons. The fourth-order valence-electron chi connectivity index (χ4n) is 3.92. The molecule has 2 aliphatic rings. The highest BCUT2D eigenvalue weighted by Gasteiger charge is 2.31. The Labute approximate surface area is 177 Å². The first-order chi connectivity index (χ1) is 14.6. The number of amides is 2. The van der Waals surface area contributed by atoms with E-state index in [1.54, 1.807) is 11.8 Å². The van der Waals surface area contributed by atoms with Crippen LogP contribution in [0.2, 0.25) is 0 Å². The van der Waals surface area contributed by atoms with Crippen LogP contribution in [0.5, 0.6) is 5.75 Å². The van der Waals surface area contributed by atoms with Crippen LogP contribution in [0, 0.1) is 0 Å². The molecule has 1 unspecified atom stereocenters. The summed E-state index contributed by atoms with van der Waals surface area (Å²) in [4.78, 5) is 33.4. The first-order valence-corrected chi connectivity index (χ1v) is 10.7. The number of para-hydroxylation sites is 2. The topological polar surface area (TPSA) is 74.8 Å². The number of carbonyl (C=O) groups excluding carboxylic acids is 2. The van der Waals surface area contributed by atoms with Crippen molar-refractivity contribution in [3.05, 3.63) is 48.2 Å². The zero-order valence-corrected chi connectivity index (χ0v) is 17.3. The van der Waals surface area contributed by atoms with Gasteiger partial charge in [-0.2, -0.15) is 0 Å². The van der Waals surface area contributed by atoms with Gasteiger partial charge in [-0.25, -0.2) is 4.98 Å². The average Bonchev–Trinajstić information content (AvgIpc) is 2.79. The van der Waals surface area contributed by atoms with Crippen molar-refractivity contribution < 1.29 is 14.3 Å². The van der Waals surface area contributed by atoms with Gasteiger partial charge in [0.05, 0.1) is 5.69 Å². The highest BCUT2D eigenvalue weighted by molar-refractivity contribution is 6.00. The molecule has 0 aliphatic carbocycles. The van der Waals surface area contributed by atoms with Crippen LogP contribution < -0.4 is 19.9 Å². The van der Waals surface area contributed by atoms with Gasteiger partial charge in [0, 0.05) is 38.8 Å². The van der Waals surface area contributed by atoms with E-state index in [0.29, 0.717) is 24.5 Å². The largest absolute Gasteiger partial charge is 0.479 e. The Kier molecular flexibility index (Phi) is 6.16. The van der Waals surface area contributed by atoms with Crippen LogP contribution in [0.15, 0.2) is 42.6 Å². The first-order valence-electron chi connectivity index (χ1n) is 10.7. The lowest BCUT2D eigenvalue weighted by Gasteiger charge is -2.32. The van der Waals surface area contributed by atoms with Crippen LogP contribution >= 0.6 is 0 Å². The molecule has 1 fully saturated rings. The molecule has 30 heavy (non-hydrogen) atoms. The second kappa shape index (κ2) is 9.15. The number of benzene rings is 1. The number of nitrogens with one attached hydrogen (secondary N) is 1. The van der Waals surface area contributed by atoms with Crippen LogP contribution in [-0.2, 0) is 16.1 Å². The molecule has 7 heteroatoms. The third-order valence-corrected chi connectivity index (χ3v) is 5.61. The lowest BCUT2D eigenvalue weighted by Crippen LogP contribution is -2.45. The van der Waals surface area contributed by atoms with Gasteiger partial charge in [-0.3, -0.25) is 9.59 Å². The monoisotopic (exact) mass is 408 g/mol. The van der Waals surface area contributed by atoms with Gasteiger partial charge in [0.1, 0.15) is 11.6 Å². The van der Waals surface area contributed by atoms with E-state index in [0.717, 1.165) is 24.5 Å². The number of fused-ring (bicyclic) bond motifs is 1. The fraction of sp³-hybridized carbons (Fsp3) is 0.435. The minimum Gasteiger partial charge on any atom is -0.479 e. The molecule has 3 heterocycles. The van der Waals surface area contributed by atoms with Crippen LogP contribution in [0.1, 0.15) is 38.2 Å². The SMILES string of the molecule is CC1Oc2ccccc2N(CCC(=O)NCc2ccc(N3CCCCC3)nc2)C1=O. The smallest absolute Gasteiger partial charge is 0.267 e. The van der Waals surface area contributed by atoms with E-state index in [1.807, 2.05) is 42.6 Å². The van der Waals surface area contributed by atoms with Crippen molar-refractivity contribution in [2.75, 3.05) is 29.4 Å². The zero-order valence-electron chi connectivity index (χ0n) is 17.3. The Hall–Kier alpha value is -3.09. The molecule has 2 aliphatic heterocycles. The number of anilines is 2. The number of carbonyl (C=O) groups is 2. The maximum absolute atomic E-state index is 12.5. The molecule has 0 bridgehead atoms. The Bertz CT molecular complexity index is 894. The molecule has 0 saturated carbocycles.